The molecule has 2 aromatic rings. The third-order valence-corrected chi connectivity index (χ3v) is 3.00. The number of furan rings is 1. The molecule has 0 spiro atoms. The van der Waals surface area contributed by atoms with Gasteiger partial charge in [0.25, 0.3) is 0 Å². The molecule has 0 saturated heterocycles. The predicted octanol–water partition coefficient (Wildman–Crippen LogP) is 3.52. The summed E-state index contributed by atoms with van der Waals surface area (Å²) in [5.74, 6) is -0.400. The first-order valence-electron chi connectivity index (χ1n) is 6.11. The van der Waals surface area contributed by atoms with Crippen LogP contribution in [-0.4, -0.2) is 11.1 Å². The van der Waals surface area contributed by atoms with E-state index in [0.717, 1.165) is 11.3 Å². The van der Waals surface area contributed by atoms with E-state index in [1.165, 1.54) is 5.56 Å². The van der Waals surface area contributed by atoms with Crippen LogP contribution >= 0.6 is 0 Å². The number of hydrogen-bond donors (Lipinski definition) is 2. The molecule has 0 saturated carbocycles. The Labute approximate surface area is 112 Å². The van der Waals surface area contributed by atoms with E-state index in [2.05, 4.69) is 11.4 Å². The van der Waals surface area contributed by atoms with E-state index >= 15 is 0 Å². The second-order valence-corrected chi connectivity index (χ2v) is 4.70. The summed E-state index contributed by atoms with van der Waals surface area (Å²) in [7, 11) is 0. The number of hydrogen-bond acceptors (Lipinski definition) is 3. The van der Waals surface area contributed by atoms with E-state index in [1.807, 2.05) is 26.0 Å². The van der Waals surface area contributed by atoms with Crippen molar-refractivity contribution in [1.29, 1.82) is 0 Å². The third-order valence-electron chi connectivity index (χ3n) is 3.00. The van der Waals surface area contributed by atoms with Gasteiger partial charge in [0.05, 0.1) is 6.54 Å². The van der Waals surface area contributed by atoms with Crippen LogP contribution < -0.4 is 5.32 Å². The molecule has 0 aliphatic heterocycles. The van der Waals surface area contributed by atoms with Crippen molar-refractivity contribution in [1.82, 2.24) is 0 Å². The number of rotatable bonds is 4. The van der Waals surface area contributed by atoms with Gasteiger partial charge in [-0.1, -0.05) is 17.7 Å². The standard InChI is InChI=1S/C15H17NO3/c1-9-4-5-13(10(2)6-9)16-8-12-7-11(3)14(19-12)15(17)18/h4-7,16H,8H2,1-3H3,(H,17,18). The maximum atomic E-state index is 10.9. The molecule has 0 radical (unpaired) electrons. The Balaban J connectivity index is 2.10. The Kier molecular flexibility index (Phi) is 3.60. The second-order valence-electron chi connectivity index (χ2n) is 4.70. The highest BCUT2D eigenvalue weighted by Crippen LogP contribution is 2.19. The van der Waals surface area contributed by atoms with Crippen LogP contribution in [0.25, 0.3) is 0 Å². The lowest BCUT2D eigenvalue weighted by molar-refractivity contribution is 0.0659. The van der Waals surface area contributed by atoms with Crippen molar-refractivity contribution in [3.05, 3.63) is 52.5 Å². The Morgan fingerprint density at radius 3 is 2.53 bits per heavy atom. The van der Waals surface area contributed by atoms with E-state index in [4.69, 9.17) is 9.52 Å². The van der Waals surface area contributed by atoms with Crippen molar-refractivity contribution in [3.8, 4) is 0 Å². The molecule has 2 N–H and O–H groups in total. The lowest BCUT2D eigenvalue weighted by Gasteiger charge is -2.08. The van der Waals surface area contributed by atoms with Crippen LogP contribution in [0.5, 0.6) is 0 Å². The fourth-order valence-corrected chi connectivity index (χ4v) is 2.04. The summed E-state index contributed by atoms with van der Waals surface area (Å²) in [6.45, 7) is 6.28. The predicted molar refractivity (Wildman–Crippen MR) is 73.6 cm³/mol. The van der Waals surface area contributed by atoms with E-state index in [1.54, 1.807) is 13.0 Å². The van der Waals surface area contributed by atoms with E-state index in [-0.39, 0.29) is 5.76 Å². The first kappa shape index (κ1) is 13.2. The Morgan fingerprint density at radius 2 is 1.95 bits per heavy atom. The first-order valence-corrected chi connectivity index (χ1v) is 6.11. The molecule has 0 bridgehead atoms. The van der Waals surface area contributed by atoms with Crippen LogP contribution in [0.3, 0.4) is 0 Å². The molecule has 1 heterocycles. The highest BCUT2D eigenvalue weighted by molar-refractivity contribution is 5.86. The average molecular weight is 259 g/mol. The van der Waals surface area contributed by atoms with Gasteiger partial charge >= 0.3 is 5.97 Å². The molecule has 0 unspecified atom stereocenters. The van der Waals surface area contributed by atoms with Crippen LogP contribution in [0, 0.1) is 20.8 Å². The van der Waals surface area contributed by atoms with Gasteiger partial charge in [-0.2, -0.15) is 0 Å². The average Bonchev–Trinajstić information content (AvgIpc) is 2.69. The molecule has 0 fully saturated rings. The minimum absolute atomic E-state index is 0.0115. The molecule has 0 aliphatic rings. The normalized spacial score (nSPS) is 10.5. The summed E-state index contributed by atoms with van der Waals surface area (Å²) < 4.78 is 5.30. The van der Waals surface area contributed by atoms with Gasteiger partial charge in [-0.25, -0.2) is 4.79 Å². The molecule has 2 rings (SSSR count). The van der Waals surface area contributed by atoms with Gasteiger partial charge in [-0.05, 0) is 38.5 Å². The zero-order valence-corrected chi connectivity index (χ0v) is 11.3. The molecule has 100 valence electrons. The van der Waals surface area contributed by atoms with Gasteiger partial charge in [0, 0.05) is 11.3 Å². The summed E-state index contributed by atoms with van der Waals surface area (Å²) in [5, 5.41) is 12.2. The molecule has 1 aromatic heterocycles. The van der Waals surface area contributed by atoms with Gasteiger partial charge < -0.3 is 14.8 Å². The summed E-state index contributed by atoms with van der Waals surface area (Å²) in [6, 6.07) is 7.89. The van der Waals surface area contributed by atoms with Crippen molar-refractivity contribution >= 4 is 11.7 Å². The first-order chi connectivity index (χ1) is 8.97. The van der Waals surface area contributed by atoms with Crippen LogP contribution in [0.2, 0.25) is 0 Å². The van der Waals surface area contributed by atoms with Gasteiger partial charge in [-0.3, -0.25) is 0 Å². The summed E-state index contributed by atoms with van der Waals surface area (Å²) in [6.07, 6.45) is 0. The van der Waals surface area contributed by atoms with Crippen LogP contribution in [0.15, 0.2) is 28.7 Å². The van der Waals surface area contributed by atoms with Gasteiger partial charge in [0.15, 0.2) is 0 Å². The quantitative estimate of drug-likeness (QED) is 0.881. The monoisotopic (exact) mass is 259 g/mol. The molecule has 0 aliphatic carbocycles. The number of carbonyl (C=O) groups is 1. The Hall–Kier alpha value is -2.23. The Morgan fingerprint density at radius 1 is 1.21 bits per heavy atom. The maximum absolute atomic E-state index is 10.9. The molecule has 0 atom stereocenters. The van der Waals surface area contributed by atoms with Gasteiger partial charge in [0.1, 0.15) is 5.76 Å². The summed E-state index contributed by atoms with van der Waals surface area (Å²) >= 11 is 0. The van der Waals surface area contributed by atoms with E-state index < -0.39 is 5.97 Å². The molecule has 1 aromatic carbocycles. The van der Waals surface area contributed by atoms with Gasteiger partial charge in [-0.15, -0.1) is 0 Å². The van der Waals surface area contributed by atoms with Crippen molar-refractivity contribution in [2.45, 2.75) is 27.3 Å². The third kappa shape index (κ3) is 2.96. The zero-order valence-electron chi connectivity index (χ0n) is 11.3. The molecular weight excluding hydrogens is 242 g/mol. The topological polar surface area (TPSA) is 62.5 Å². The SMILES string of the molecule is Cc1ccc(NCc2cc(C)c(C(=O)O)o2)c(C)c1. The number of aromatic carboxylic acids is 1. The molecule has 4 heteroatoms. The largest absolute Gasteiger partial charge is 0.475 e. The minimum atomic E-state index is -1.03. The maximum Gasteiger partial charge on any atom is 0.372 e. The van der Waals surface area contributed by atoms with Crippen LogP contribution in [0.1, 0.15) is 33.0 Å². The number of carboxylic acids is 1. The summed E-state index contributed by atoms with van der Waals surface area (Å²) in [5.41, 5.74) is 4.04. The number of aryl methyl sites for hydroxylation is 3. The zero-order chi connectivity index (χ0) is 14.0. The van der Waals surface area contributed by atoms with Crippen LogP contribution in [-0.2, 0) is 6.54 Å². The second kappa shape index (κ2) is 5.18. The van der Waals surface area contributed by atoms with Crippen LogP contribution in [0.4, 0.5) is 5.69 Å². The molecule has 0 amide bonds. The highest BCUT2D eigenvalue weighted by atomic mass is 16.4. The fourth-order valence-electron chi connectivity index (χ4n) is 2.04. The molecule has 19 heavy (non-hydrogen) atoms. The van der Waals surface area contributed by atoms with Gasteiger partial charge in [0.2, 0.25) is 5.76 Å². The smallest absolute Gasteiger partial charge is 0.372 e. The molecular formula is C15H17NO3. The number of carboxylic acid groups (broad SMARTS) is 1. The lowest BCUT2D eigenvalue weighted by atomic mass is 10.1. The van der Waals surface area contributed by atoms with E-state index in [0.29, 0.717) is 17.9 Å². The number of anilines is 1. The van der Waals surface area contributed by atoms with Crippen molar-refractivity contribution in [2.24, 2.45) is 0 Å². The highest BCUT2D eigenvalue weighted by Gasteiger charge is 2.14. The molecule has 4 nitrogen and oxygen atoms in total. The van der Waals surface area contributed by atoms with Crippen molar-refractivity contribution in [3.63, 3.8) is 0 Å². The number of benzene rings is 1. The lowest BCUT2D eigenvalue weighted by Crippen LogP contribution is -2.00. The number of nitrogens with one attached hydrogen (secondary N) is 1. The minimum Gasteiger partial charge on any atom is -0.475 e. The Bertz CT molecular complexity index is 614. The van der Waals surface area contributed by atoms with E-state index in [9.17, 15) is 4.79 Å². The van der Waals surface area contributed by atoms with Crippen molar-refractivity contribution in [2.75, 3.05) is 5.32 Å². The fraction of sp³-hybridized carbons (Fsp3) is 0.267. The summed E-state index contributed by atoms with van der Waals surface area (Å²) in [4.78, 5) is 10.9. The van der Waals surface area contributed by atoms with Crippen molar-refractivity contribution < 1.29 is 14.3 Å².